The zero-order valence-corrected chi connectivity index (χ0v) is 18.6. The lowest BCUT2D eigenvalue weighted by Crippen LogP contribution is -2.46. The SMILES string of the molecule is CCS(=O)(=O)NC1CCN(C(=O)c2ccc3c(c2)C(=O)N(C2CCCCC2)C3=O)CC1. The molecule has 1 saturated heterocycles. The molecule has 31 heavy (non-hydrogen) atoms. The lowest BCUT2D eigenvalue weighted by molar-refractivity contribution is 0.0548. The van der Waals surface area contributed by atoms with Gasteiger partial charge in [-0.25, -0.2) is 13.1 Å². The topological polar surface area (TPSA) is 104 Å². The van der Waals surface area contributed by atoms with Crippen LogP contribution in [-0.4, -0.2) is 66.9 Å². The predicted molar refractivity (Wildman–Crippen MR) is 115 cm³/mol. The first-order chi connectivity index (χ1) is 14.8. The van der Waals surface area contributed by atoms with E-state index in [2.05, 4.69) is 4.72 Å². The number of carbonyl (C=O) groups is 3. The summed E-state index contributed by atoms with van der Waals surface area (Å²) < 4.78 is 26.2. The fraction of sp³-hybridized carbons (Fsp3) is 0.591. The van der Waals surface area contributed by atoms with Gasteiger partial charge in [-0.1, -0.05) is 19.3 Å². The molecule has 3 amide bonds. The van der Waals surface area contributed by atoms with E-state index in [9.17, 15) is 22.8 Å². The molecule has 1 N–H and O–H groups in total. The van der Waals surface area contributed by atoms with Gasteiger partial charge in [0.25, 0.3) is 17.7 Å². The van der Waals surface area contributed by atoms with Gasteiger partial charge in [0.1, 0.15) is 0 Å². The van der Waals surface area contributed by atoms with E-state index in [1.807, 2.05) is 0 Å². The van der Waals surface area contributed by atoms with Crippen LogP contribution in [0.15, 0.2) is 18.2 Å². The van der Waals surface area contributed by atoms with Crippen LogP contribution in [0.5, 0.6) is 0 Å². The van der Waals surface area contributed by atoms with Crippen molar-refractivity contribution in [1.82, 2.24) is 14.5 Å². The Morgan fingerprint density at radius 3 is 2.29 bits per heavy atom. The highest BCUT2D eigenvalue weighted by molar-refractivity contribution is 7.89. The quantitative estimate of drug-likeness (QED) is 0.697. The molecule has 2 heterocycles. The second kappa shape index (κ2) is 8.70. The Balaban J connectivity index is 1.44. The van der Waals surface area contributed by atoms with Gasteiger partial charge >= 0.3 is 0 Å². The average molecular weight is 448 g/mol. The van der Waals surface area contributed by atoms with Gasteiger partial charge in [0.15, 0.2) is 0 Å². The second-order valence-electron chi connectivity index (χ2n) is 8.62. The Hall–Kier alpha value is -2.26. The van der Waals surface area contributed by atoms with Crippen molar-refractivity contribution in [1.29, 1.82) is 0 Å². The molecule has 4 rings (SSSR count). The van der Waals surface area contributed by atoms with Crippen molar-refractivity contribution in [2.75, 3.05) is 18.8 Å². The molecule has 0 bridgehead atoms. The van der Waals surface area contributed by atoms with Gasteiger partial charge in [-0.15, -0.1) is 0 Å². The van der Waals surface area contributed by atoms with Crippen LogP contribution in [0.2, 0.25) is 0 Å². The number of imide groups is 1. The Labute approximate surface area is 183 Å². The van der Waals surface area contributed by atoms with Crippen LogP contribution in [0.3, 0.4) is 0 Å². The molecule has 3 aliphatic rings. The maximum atomic E-state index is 13.0. The number of benzene rings is 1. The number of hydrogen-bond donors (Lipinski definition) is 1. The normalized spacial score (nSPS) is 20.9. The molecule has 0 atom stereocenters. The standard InChI is InChI=1S/C22H29N3O5S/c1-2-31(29,30)23-16-10-12-24(13-11-16)20(26)15-8-9-18-19(14-15)22(28)25(21(18)27)17-6-4-3-5-7-17/h8-9,14,16-17,23H,2-7,10-13H2,1H3. The molecule has 0 unspecified atom stereocenters. The first-order valence-corrected chi connectivity index (χ1v) is 12.8. The Kier molecular flexibility index (Phi) is 6.16. The van der Waals surface area contributed by atoms with Crippen LogP contribution in [0.25, 0.3) is 0 Å². The zero-order chi connectivity index (χ0) is 22.2. The van der Waals surface area contributed by atoms with E-state index < -0.39 is 10.0 Å². The summed E-state index contributed by atoms with van der Waals surface area (Å²) >= 11 is 0. The number of amides is 3. The summed E-state index contributed by atoms with van der Waals surface area (Å²) in [7, 11) is -3.27. The molecule has 0 spiro atoms. The number of nitrogens with zero attached hydrogens (tertiary/aromatic N) is 2. The molecule has 1 aliphatic carbocycles. The lowest BCUT2D eigenvalue weighted by atomic mass is 9.94. The highest BCUT2D eigenvalue weighted by Gasteiger charge is 2.40. The average Bonchev–Trinajstić information content (AvgIpc) is 3.03. The molecule has 0 aromatic heterocycles. The van der Waals surface area contributed by atoms with Gasteiger partial charge in [-0.05, 0) is 50.8 Å². The van der Waals surface area contributed by atoms with Crippen LogP contribution in [-0.2, 0) is 10.0 Å². The monoisotopic (exact) mass is 447 g/mol. The fourth-order valence-electron chi connectivity index (χ4n) is 4.78. The molecule has 1 aromatic carbocycles. The second-order valence-corrected chi connectivity index (χ2v) is 10.7. The molecule has 2 fully saturated rings. The zero-order valence-electron chi connectivity index (χ0n) is 17.8. The molecule has 1 aromatic rings. The third kappa shape index (κ3) is 4.39. The first-order valence-electron chi connectivity index (χ1n) is 11.1. The van der Waals surface area contributed by atoms with E-state index in [-0.39, 0.29) is 35.6 Å². The summed E-state index contributed by atoms with van der Waals surface area (Å²) in [5, 5.41) is 0. The van der Waals surface area contributed by atoms with Crippen LogP contribution < -0.4 is 4.72 Å². The minimum atomic E-state index is -3.27. The number of sulfonamides is 1. The van der Waals surface area contributed by atoms with Gasteiger partial charge in [0, 0.05) is 30.7 Å². The van der Waals surface area contributed by atoms with Crippen molar-refractivity contribution < 1.29 is 22.8 Å². The number of carbonyl (C=O) groups excluding carboxylic acids is 3. The molecular weight excluding hydrogens is 418 g/mol. The third-order valence-electron chi connectivity index (χ3n) is 6.61. The number of hydrogen-bond acceptors (Lipinski definition) is 5. The summed E-state index contributed by atoms with van der Waals surface area (Å²) in [5.41, 5.74) is 1.07. The van der Waals surface area contributed by atoms with E-state index in [1.165, 1.54) is 4.90 Å². The highest BCUT2D eigenvalue weighted by atomic mass is 32.2. The van der Waals surface area contributed by atoms with E-state index >= 15 is 0 Å². The molecular formula is C22H29N3O5S. The van der Waals surface area contributed by atoms with Crippen LogP contribution in [0, 0.1) is 0 Å². The predicted octanol–water partition coefficient (Wildman–Crippen LogP) is 2.16. The van der Waals surface area contributed by atoms with Gasteiger partial charge < -0.3 is 4.90 Å². The number of nitrogens with one attached hydrogen (secondary N) is 1. The van der Waals surface area contributed by atoms with Crippen LogP contribution in [0.4, 0.5) is 0 Å². The van der Waals surface area contributed by atoms with Crippen molar-refractivity contribution in [3.63, 3.8) is 0 Å². The van der Waals surface area contributed by atoms with Crippen LogP contribution >= 0.6 is 0 Å². The smallest absolute Gasteiger partial charge is 0.261 e. The number of likely N-dealkylation sites (tertiary alicyclic amines) is 1. The Bertz CT molecular complexity index is 992. The van der Waals surface area contributed by atoms with Crippen molar-refractivity contribution in [2.45, 2.75) is 64.0 Å². The van der Waals surface area contributed by atoms with E-state index in [4.69, 9.17) is 0 Å². The molecule has 2 aliphatic heterocycles. The van der Waals surface area contributed by atoms with Gasteiger partial charge in [-0.3, -0.25) is 19.3 Å². The van der Waals surface area contributed by atoms with Gasteiger partial charge in [-0.2, -0.15) is 0 Å². The molecule has 0 radical (unpaired) electrons. The summed E-state index contributed by atoms with van der Waals surface area (Å²) in [4.78, 5) is 41.9. The van der Waals surface area contributed by atoms with Crippen LogP contribution in [0.1, 0.15) is 82.9 Å². The fourth-order valence-corrected chi connectivity index (χ4v) is 5.69. The largest absolute Gasteiger partial charge is 0.339 e. The summed E-state index contributed by atoms with van der Waals surface area (Å²) in [5.74, 6) is -0.716. The number of piperidine rings is 1. The Morgan fingerprint density at radius 2 is 1.65 bits per heavy atom. The van der Waals surface area contributed by atoms with E-state index in [0.717, 1.165) is 32.1 Å². The first kappa shape index (κ1) is 22.0. The van der Waals surface area contributed by atoms with Gasteiger partial charge in [0.2, 0.25) is 10.0 Å². The molecule has 1 saturated carbocycles. The molecule has 8 nitrogen and oxygen atoms in total. The van der Waals surface area contributed by atoms with E-state index in [0.29, 0.717) is 42.6 Å². The lowest BCUT2D eigenvalue weighted by Gasteiger charge is -2.32. The van der Waals surface area contributed by atoms with Crippen molar-refractivity contribution >= 4 is 27.7 Å². The van der Waals surface area contributed by atoms with Crippen molar-refractivity contribution in [3.05, 3.63) is 34.9 Å². The van der Waals surface area contributed by atoms with Crippen molar-refractivity contribution in [3.8, 4) is 0 Å². The highest BCUT2D eigenvalue weighted by Crippen LogP contribution is 2.31. The third-order valence-corrected chi connectivity index (χ3v) is 8.07. The minimum absolute atomic E-state index is 0.0336. The number of fused-ring (bicyclic) bond motifs is 1. The number of rotatable bonds is 5. The molecule has 168 valence electrons. The summed E-state index contributed by atoms with van der Waals surface area (Å²) in [6.45, 7) is 2.47. The summed E-state index contributed by atoms with van der Waals surface area (Å²) in [6.07, 6.45) is 5.95. The minimum Gasteiger partial charge on any atom is -0.339 e. The Morgan fingerprint density at radius 1 is 1.00 bits per heavy atom. The van der Waals surface area contributed by atoms with Gasteiger partial charge in [0.05, 0.1) is 16.9 Å². The molecule has 9 heteroatoms. The van der Waals surface area contributed by atoms with E-state index in [1.54, 1.807) is 30.0 Å². The van der Waals surface area contributed by atoms with Crippen molar-refractivity contribution in [2.24, 2.45) is 0 Å². The maximum Gasteiger partial charge on any atom is 0.261 e. The maximum absolute atomic E-state index is 13.0. The summed E-state index contributed by atoms with van der Waals surface area (Å²) in [6, 6.07) is 4.53.